The Bertz CT molecular complexity index is 481. The van der Waals surface area contributed by atoms with Crippen LogP contribution in [0.4, 0.5) is 4.79 Å². The number of nitrogens with zero attached hydrogens (tertiary/aromatic N) is 1. The minimum absolute atomic E-state index is 0.0254. The van der Waals surface area contributed by atoms with Gasteiger partial charge in [0.1, 0.15) is 12.3 Å². The Kier molecular flexibility index (Phi) is 4.92. The molecule has 1 aromatic rings. The summed E-state index contributed by atoms with van der Waals surface area (Å²) in [6.07, 6.45) is 0. The van der Waals surface area contributed by atoms with Gasteiger partial charge in [0.15, 0.2) is 0 Å². The molecular weight excluding hydrogens is 256 g/mol. The monoisotopic (exact) mass is 270 g/mol. The highest BCUT2D eigenvalue weighted by atomic mass is 16.5. The average Bonchev–Trinajstić information content (AvgIpc) is 2.84. The predicted molar refractivity (Wildman–Crippen MR) is 62.5 cm³/mol. The number of nitrogens with one attached hydrogen (secondary N) is 1. The highest BCUT2D eigenvalue weighted by Crippen LogP contribution is 2.07. The highest BCUT2D eigenvalue weighted by molar-refractivity contribution is 5.84. The van der Waals surface area contributed by atoms with Crippen molar-refractivity contribution in [2.45, 2.75) is 6.54 Å². The number of likely N-dealkylation sites (N-methyl/N-ethyl adjacent to an activating group) is 1. The van der Waals surface area contributed by atoms with Crippen molar-refractivity contribution in [3.05, 3.63) is 23.7 Å². The topological polar surface area (TPSA) is 109 Å². The smallest absolute Gasteiger partial charge is 0.371 e. The Hall–Kier alpha value is -2.51. The van der Waals surface area contributed by atoms with Gasteiger partial charge in [0.2, 0.25) is 5.76 Å². The van der Waals surface area contributed by atoms with Gasteiger partial charge in [-0.3, -0.25) is 4.79 Å². The maximum atomic E-state index is 11.6. The van der Waals surface area contributed by atoms with Crippen LogP contribution in [0, 0.1) is 0 Å². The van der Waals surface area contributed by atoms with Crippen molar-refractivity contribution < 1.29 is 28.6 Å². The van der Waals surface area contributed by atoms with Crippen molar-refractivity contribution in [2.24, 2.45) is 0 Å². The van der Waals surface area contributed by atoms with Gasteiger partial charge in [0.25, 0.3) is 0 Å². The molecule has 0 saturated carbocycles. The minimum Gasteiger partial charge on any atom is -0.475 e. The summed E-state index contributed by atoms with van der Waals surface area (Å²) in [5.41, 5.74) is 0. The number of hydrogen-bond donors (Lipinski definition) is 2. The van der Waals surface area contributed by atoms with E-state index in [4.69, 9.17) is 9.52 Å². The number of amides is 2. The van der Waals surface area contributed by atoms with Crippen LogP contribution in [-0.2, 0) is 16.1 Å². The third kappa shape index (κ3) is 4.34. The van der Waals surface area contributed by atoms with Crippen molar-refractivity contribution in [3.63, 3.8) is 0 Å². The number of furan rings is 1. The van der Waals surface area contributed by atoms with Crippen molar-refractivity contribution >= 4 is 18.0 Å². The summed E-state index contributed by atoms with van der Waals surface area (Å²) in [6, 6.07) is 2.24. The second kappa shape index (κ2) is 6.43. The first-order valence-corrected chi connectivity index (χ1v) is 5.31. The molecule has 0 spiro atoms. The first-order chi connectivity index (χ1) is 8.93. The molecule has 0 fully saturated rings. The van der Waals surface area contributed by atoms with Crippen LogP contribution in [0.1, 0.15) is 16.3 Å². The molecule has 0 aromatic carbocycles. The fourth-order valence-electron chi connectivity index (χ4n) is 1.22. The van der Waals surface area contributed by atoms with E-state index in [2.05, 4.69) is 10.1 Å². The van der Waals surface area contributed by atoms with Gasteiger partial charge in [-0.25, -0.2) is 9.59 Å². The molecular formula is C11H14N2O6. The fraction of sp³-hybridized carbons (Fsp3) is 0.364. The van der Waals surface area contributed by atoms with E-state index in [0.717, 1.165) is 4.90 Å². The number of carbonyl (C=O) groups is 3. The molecule has 0 aliphatic heterocycles. The molecule has 1 rings (SSSR count). The van der Waals surface area contributed by atoms with Crippen LogP contribution in [0.2, 0.25) is 0 Å². The Morgan fingerprint density at radius 3 is 2.63 bits per heavy atom. The molecule has 19 heavy (non-hydrogen) atoms. The standard InChI is InChI=1S/C11H14N2O6/c1-13(6-9(14)18-2)11(17)12-5-7-3-4-8(19-7)10(15)16/h3-4H,5-6H2,1-2H3,(H,12,17)(H,15,16). The zero-order valence-corrected chi connectivity index (χ0v) is 10.5. The Labute approximate surface area is 108 Å². The number of urea groups is 1. The SMILES string of the molecule is COC(=O)CN(C)C(=O)NCc1ccc(C(=O)O)o1. The maximum absolute atomic E-state index is 11.6. The number of carbonyl (C=O) groups excluding carboxylic acids is 2. The summed E-state index contributed by atoms with van der Waals surface area (Å²) in [5.74, 6) is -1.62. The van der Waals surface area contributed by atoms with E-state index in [0.29, 0.717) is 5.76 Å². The van der Waals surface area contributed by atoms with Gasteiger partial charge in [-0.05, 0) is 12.1 Å². The van der Waals surface area contributed by atoms with Gasteiger partial charge in [0, 0.05) is 7.05 Å². The summed E-state index contributed by atoms with van der Waals surface area (Å²) >= 11 is 0. The second-order valence-corrected chi connectivity index (χ2v) is 3.66. The van der Waals surface area contributed by atoms with Gasteiger partial charge in [-0.1, -0.05) is 0 Å². The summed E-state index contributed by atoms with van der Waals surface area (Å²) in [7, 11) is 2.65. The molecule has 2 amide bonds. The van der Waals surface area contributed by atoms with Crippen LogP contribution >= 0.6 is 0 Å². The lowest BCUT2D eigenvalue weighted by molar-refractivity contribution is -0.141. The number of carboxylic acid groups (broad SMARTS) is 1. The minimum atomic E-state index is -1.18. The summed E-state index contributed by atoms with van der Waals surface area (Å²) < 4.78 is 9.37. The number of ether oxygens (including phenoxy) is 1. The average molecular weight is 270 g/mol. The third-order valence-electron chi connectivity index (χ3n) is 2.23. The van der Waals surface area contributed by atoms with E-state index in [1.54, 1.807) is 0 Å². The predicted octanol–water partition coefficient (Wildman–Crippen LogP) is 0.292. The van der Waals surface area contributed by atoms with Crippen LogP contribution in [0.3, 0.4) is 0 Å². The van der Waals surface area contributed by atoms with Crippen LogP contribution in [0.5, 0.6) is 0 Å². The summed E-state index contributed by atoms with van der Waals surface area (Å²) in [4.78, 5) is 34.2. The molecule has 1 heterocycles. The van der Waals surface area contributed by atoms with E-state index in [-0.39, 0.29) is 18.8 Å². The largest absolute Gasteiger partial charge is 0.475 e. The van der Waals surface area contributed by atoms with Gasteiger partial charge >= 0.3 is 18.0 Å². The number of methoxy groups -OCH3 is 1. The normalized spacial score (nSPS) is 9.79. The number of carboxylic acids is 1. The van der Waals surface area contributed by atoms with Crippen molar-refractivity contribution in [2.75, 3.05) is 20.7 Å². The molecule has 1 aromatic heterocycles. The molecule has 0 saturated heterocycles. The highest BCUT2D eigenvalue weighted by Gasteiger charge is 2.14. The van der Waals surface area contributed by atoms with Crippen LogP contribution in [-0.4, -0.2) is 48.7 Å². The summed E-state index contributed by atoms with van der Waals surface area (Å²) in [6.45, 7) is -0.154. The van der Waals surface area contributed by atoms with E-state index in [9.17, 15) is 14.4 Å². The van der Waals surface area contributed by atoms with E-state index in [1.165, 1.54) is 26.3 Å². The van der Waals surface area contributed by atoms with Gasteiger partial charge in [-0.15, -0.1) is 0 Å². The first-order valence-electron chi connectivity index (χ1n) is 5.31. The molecule has 104 valence electrons. The second-order valence-electron chi connectivity index (χ2n) is 3.66. The number of rotatable bonds is 5. The van der Waals surface area contributed by atoms with Gasteiger partial charge in [0.05, 0.1) is 13.7 Å². The molecule has 2 N–H and O–H groups in total. The number of esters is 1. The van der Waals surface area contributed by atoms with Crippen molar-refractivity contribution in [1.29, 1.82) is 0 Å². The summed E-state index contributed by atoms with van der Waals surface area (Å²) in [5, 5.41) is 11.1. The van der Waals surface area contributed by atoms with E-state index in [1.807, 2.05) is 0 Å². The molecule has 8 heteroatoms. The van der Waals surface area contributed by atoms with Gasteiger partial charge in [-0.2, -0.15) is 0 Å². The van der Waals surface area contributed by atoms with Gasteiger partial charge < -0.3 is 24.5 Å². The van der Waals surface area contributed by atoms with Crippen LogP contribution in [0.15, 0.2) is 16.5 Å². The lowest BCUT2D eigenvalue weighted by atomic mass is 10.4. The Balaban J connectivity index is 2.44. The first kappa shape index (κ1) is 14.6. The zero-order valence-electron chi connectivity index (χ0n) is 10.5. The molecule has 0 aliphatic carbocycles. The Morgan fingerprint density at radius 1 is 1.42 bits per heavy atom. The van der Waals surface area contributed by atoms with E-state index >= 15 is 0 Å². The van der Waals surface area contributed by atoms with Crippen LogP contribution in [0.25, 0.3) is 0 Å². The van der Waals surface area contributed by atoms with Crippen molar-refractivity contribution in [3.8, 4) is 0 Å². The number of hydrogen-bond acceptors (Lipinski definition) is 5. The fourth-order valence-corrected chi connectivity index (χ4v) is 1.22. The molecule has 8 nitrogen and oxygen atoms in total. The lowest BCUT2D eigenvalue weighted by Gasteiger charge is -2.15. The Morgan fingerprint density at radius 2 is 2.11 bits per heavy atom. The molecule has 0 radical (unpaired) electrons. The zero-order chi connectivity index (χ0) is 14.4. The number of aromatic carboxylic acids is 1. The molecule has 0 unspecified atom stereocenters. The lowest BCUT2D eigenvalue weighted by Crippen LogP contribution is -2.40. The van der Waals surface area contributed by atoms with E-state index < -0.39 is 18.0 Å². The molecule has 0 aliphatic rings. The van der Waals surface area contributed by atoms with Crippen LogP contribution < -0.4 is 5.32 Å². The third-order valence-corrected chi connectivity index (χ3v) is 2.23. The maximum Gasteiger partial charge on any atom is 0.371 e. The molecule has 0 atom stereocenters. The van der Waals surface area contributed by atoms with Crippen molar-refractivity contribution in [1.82, 2.24) is 10.2 Å². The molecule has 0 bridgehead atoms. The quantitative estimate of drug-likeness (QED) is 0.744.